The molecule has 0 amide bonds. The van der Waals surface area contributed by atoms with Gasteiger partial charge in [0.25, 0.3) is 0 Å². The molecule has 1 aromatic heterocycles. The van der Waals surface area contributed by atoms with Gasteiger partial charge in [0.2, 0.25) is 0 Å². The van der Waals surface area contributed by atoms with Crippen molar-refractivity contribution < 1.29 is 5.11 Å². The summed E-state index contributed by atoms with van der Waals surface area (Å²) in [4.78, 5) is 2.42. The van der Waals surface area contributed by atoms with Crippen molar-refractivity contribution >= 4 is 0 Å². The Kier molecular flexibility index (Phi) is 3.84. The van der Waals surface area contributed by atoms with E-state index in [9.17, 15) is 5.11 Å². The number of hydrogen-bond acceptors (Lipinski definition) is 3. The van der Waals surface area contributed by atoms with Gasteiger partial charge in [-0.1, -0.05) is 6.92 Å². The Labute approximate surface area is 103 Å². The smallest absolute Gasteiger partial charge is 0.0701 e. The molecule has 0 saturated carbocycles. The zero-order valence-corrected chi connectivity index (χ0v) is 10.9. The largest absolute Gasteiger partial charge is 0.389 e. The summed E-state index contributed by atoms with van der Waals surface area (Å²) in [6, 6.07) is 0. The lowest BCUT2D eigenvalue weighted by Gasteiger charge is -2.26. The predicted molar refractivity (Wildman–Crippen MR) is 67.8 cm³/mol. The normalized spacial score (nSPS) is 27.0. The fourth-order valence-corrected chi connectivity index (χ4v) is 2.67. The summed E-state index contributed by atoms with van der Waals surface area (Å²) in [5.74, 6) is 0. The molecule has 1 aromatic rings. The number of rotatable bonds is 3. The number of hydrogen-bond donors (Lipinski definition) is 1. The molecule has 0 aromatic carbocycles. The van der Waals surface area contributed by atoms with Crippen LogP contribution in [0.4, 0.5) is 0 Å². The Morgan fingerprint density at radius 3 is 2.88 bits per heavy atom. The van der Waals surface area contributed by atoms with Crippen molar-refractivity contribution in [3.63, 3.8) is 0 Å². The molecule has 17 heavy (non-hydrogen) atoms. The number of nitrogens with zero attached hydrogens (tertiary/aromatic N) is 3. The van der Waals surface area contributed by atoms with E-state index in [4.69, 9.17) is 0 Å². The van der Waals surface area contributed by atoms with E-state index in [1.165, 1.54) is 0 Å². The van der Waals surface area contributed by atoms with Crippen molar-refractivity contribution in [3.05, 3.63) is 18.0 Å². The number of aliphatic hydroxyl groups is 1. The van der Waals surface area contributed by atoms with Crippen molar-refractivity contribution in [2.24, 2.45) is 7.05 Å². The molecule has 0 spiro atoms. The maximum absolute atomic E-state index is 10.7. The van der Waals surface area contributed by atoms with Gasteiger partial charge in [-0.2, -0.15) is 5.10 Å². The summed E-state index contributed by atoms with van der Waals surface area (Å²) in [6.45, 7) is 5.40. The van der Waals surface area contributed by atoms with Crippen LogP contribution >= 0.6 is 0 Å². The third kappa shape index (κ3) is 3.30. The highest BCUT2D eigenvalue weighted by Crippen LogP contribution is 2.26. The van der Waals surface area contributed by atoms with Gasteiger partial charge in [-0.3, -0.25) is 4.68 Å². The Bertz CT molecular complexity index is 363. The van der Waals surface area contributed by atoms with Crippen LogP contribution in [0.15, 0.2) is 12.4 Å². The minimum atomic E-state index is -0.535. The zero-order valence-electron chi connectivity index (χ0n) is 10.9. The van der Waals surface area contributed by atoms with E-state index in [0.717, 1.165) is 50.9 Å². The van der Waals surface area contributed by atoms with Crippen LogP contribution in [-0.4, -0.2) is 45.0 Å². The quantitative estimate of drug-likeness (QED) is 0.859. The van der Waals surface area contributed by atoms with E-state index in [1.54, 1.807) is 4.68 Å². The molecule has 0 bridgehead atoms. The second-order valence-electron chi connectivity index (χ2n) is 5.21. The van der Waals surface area contributed by atoms with E-state index in [1.807, 2.05) is 19.4 Å². The Morgan fingerprint density at radius 2 is 2.24 bits per heavy atom. The second-order valence-corrected chi connectivity index (χ2v) is 5.21. The second kappa shape index (κ2) is 5.19. The first kappa shape index (κ1) is 12.6. The molecular formula is C13H23N3O. The fraction of sp³-hybridized carbons (Fsp3) is 0.769. The highest BCUT2D eigenvalue weighted by atomic mass is 16.3. The molecule has 1 saturated heterocycles. The minimum Gasteiger partial charge on any atom is -0.389 e. The third-order valence-corrected chi connectivity index (χ3v) is 3.75. The zero-order chi connectivity index (χ0) is 12.3. The van der Waals surface area contributed by atoms with E-state index in [0.29, 0.717) is 0 Å². The van der Waals surface area contributed by atoms with Gasteiger partial charge >= 0.3 is 0 Å². The Morgan fingerprint density at radius 1 is 1.41 bits per heavy atom. The minimum absolute atomic E-state index is 0.535. The fourth-order valence-electron chi connectivity index (χ4n) is 2.67. The standard InChI is InChI=1S/C13H23N3O/c1-3-16-7-4-5-13(17,6-8-16)9-12-10-14-15(2)11-12/h10-11,17H,3-9H2,1-2H3. The van der Waals surface area contributed by atoms with Crippen molar-refractivity contribution in [2.75, 3.05) is 19.6 Å². The van der Waals surface area contributed by atoms with Crippen LogP contribution in [0.2, 0.25) is 0 Å². The van der Waals surface area contributed by atoms with Crippen molar-refractivity contribution in [1.29, 1.82) is 0 Å². The first-order chi connectivity index (χ1) is 8.11. The van der Waals surface area contributed by atoms with Gasteiger partial charge in [-0.25, -0.2) is 0 Å². The van der Waals surface area contributed by atoms with Crippen LogP contribution in [0.25, 0.3) is 0 Å². The summed E-state index contributed by atoms with van der Waals surface area (Å²) in [5, 5.41) is 14.8. The van der Waals surface area contributed by atoms with Gasteiger partial charge in [0.1, 0.15) is 0 Å². The van der Waals surface area contributed by atoms with Crippen LogP contribution < -0.4 is 0 Å². The van der Waals surface area contributed by atoms with Gasteiger partial charge in [0.05, 0.1) is 11.8 Å². The van der Waals surface area contributed by atoms with Crippen LogP contribution in [0.1, 0.15) is 31.7 Å². The molecule has 1 atom stereocenters. The summed E-state index contributed by atoms with van der Waals surface area (Å²) in [7, 11) is 1.92. The Balaban J connectivity index is 1.98. The average molecular weight is 237 g/mol. The molecule has 0 radical (unpaired) electrons. The van der Waals surface area contributed by atoms with Gasteiger partial charge in [0, 0.05) is 26.2 Å². The Hall–Kier alpha value is -0.870. The molecule has 1 fully saturated rings. The molecule has 0 aliphatic carbocycles. The topological polar surface area (TPSA) is 41.3 Å². The number of likely N-dealkylation sites (tertiary alicyclic amines) is 1. The van der Waals surface area contributed by atoms with Crippen molar-refractivity contribution in [1.82, 2.24) is 14.7 Å². The summed E-state index contributed by atoms with van der Waals surface area (Å²) >= 11 is 0. The van der Waals surface area contributed by atoms with E-state index in [-0.39, 0.29) is 0 Å². The third-order valence-electron chi connectivity index (χ3n) is 3.75. The van der Waals surface area contributed by atoms with E-state index < -0.39 is 5.60 Å². The van der Waals surface area contributed by atoms with Crippen molar-refractivity contribution in [2.45, 2.75) is 38.2 Å². The molecule has 4 nitrogen and oxygen atoms in total. The highest BCUT2D eigenvalue weighted by molar-refractivity contribution is 5.08. The molecule has 96 valence electrons. The van der Waals surface area contributed by atoms with Crippen LogP contribution in [0, 0.1) is 0 Å². The van der Waals surface area contributed by atoms with Gasteiger partial charge < -0.3 is 10.0 Å². The molecule has 4 heteroatoms. The summed E-state index contributed by atoms with van der Waals surface area (Å²) in [6.07, 6.45) is 7.46. The number of aromatic nitrogens is 2. The molecular weight excluding hydrogens is 214 g/mol. The molecule has 1 aliphatic rings. The predicted octanol–water partition coefficient (Wildman–Crippen LogP) is 1.20. The van der Waals surface area contributed by atoms with Crippen LogP contribution in [-0.2, 0) is 13.5 Å². The molecule has 2 rings (SSSR count). The summed E-state index contributed by atoms with van der Waals surface area (Å²) < 4.78 is 1.80. The van der Waals surface area contributed by atoms with Crippen LogP contribution in [0.5, 0.6) is 0 Å². The summed E-state index contributed by atoms with van der Waals surface area (Å²) in [5.41, 5.74) is 0.604. The maximum atomic E-state index is 10.7. The van der Waals surface area contributed by atoms with Gasteiger partial charge in [0.15, 0.2) is 0 Å². The monoisotopic (exact) mass is 237 g/mol. The van der Waals surface area contributed by atoms with E-state index in [2.05, 4.69) is 16.9 Å². The first-order valence-electron chi connectivity index (χ1n) is 6.53. The molecule has 1 unspecified atom stereocenters. The maximum Gasteiger partial charge on any atom is 0.0701 e. The lowest BCUT2D eigenvalue weighted by atomic mass is 9.89. The average Bonchev–Trinajstić information content (AvgIpc) is 2.59. The highest BCUT2D eigenvalue weighted by Gasteiger charge is 2.30. The first-order valence-corrected chi connectivity index (χ1v) is 6.53. The molecule has 1 aliphatic heterocycles. The molecule has 2 heterocycles. The molecule has 1 N–H and O–H groups in total. The number of aryl methyl sites for hydroxylation is 1. The van der Waals surface area contributed by atoms with Crippen molar-refractivity contribution in [3.8, 4) is 0 Å². The lowest BCUT2D eigenvalue weighted by molar-refractivity contribution is 0.0258. The van der Waals surface area contributed by atoms with Gasteiger partial charge in [-0.05, 0) is 37.9 Å². The van der Waals surface area contributed by atoms with E-state index >= 15 is 0 Å². The lowest BCUT2D eigenvalue weighted by Crippen LogP contribution is -2.33. The SMILES string of the molecule is CCN1CCCC(O)(Cc2cnn(C)c2)CC1. The van der Waals surface area contributed by atoms with Gasteiger partial charge in [-0.15, -0.1) is 0 Å². The van der Waals surface area contributed by atoms with Crippen LogP contribution in [0.3, 0.4) is 0 Å².